The Morgan fingerprint density at radius 1 is 1.18 bits per heavy atom. The number of hydrazine groups is 1. The van der Waals surface area contributed by atoms with Crippen LogP contribution in [0.2, 0.25) is 0 Å². The molecule has 0 unspecified atom stereocenters. The molecule has 1 aromatic heterocycles. The molecule has 0 saturated carbocycles. The van der Waals surface area contributed by atoms with Gasteiger partial charge >= 0.3 is 5.69 Å². The number of carbonyl (C=O) groups is 1. The Hall–Kier alpha value is -3.63. The maximum absolute atomic E-state index is 13.2. The Labute approximate surface area is 204 Å². The predicted octanol–water partition coefficient (Wildman–Crippen LogP) is 2.41. The number of halogens is 1. The third kappa shape index (κ3) is 4.97. The van der Waals surface area contributed by atoms with Crippen LogP contribution in [0.3, 0.4) is 0 Å². The average molecular weight is 526 g/mol. The summed E-state index contributed by atoms with van der Waals surface area (Å²) in [5, 5.41) is 4.62. The SMILES string of the molecule is CCON1C=CC(CNC(=O)c2ccc3c(c2)c(=O)n(Cc2cccc(Br)c2)c(=O)n3C)=CN1. The number of hydrogen-bond acceptors (Lipinski definition) is 6. The largest absolute Gasteiger partial charge is 0.348 e. The summed E-state index contributed by atoms with van der Waals surface area (Å²) in [6.45, 7) is 2.82. The van der Waals surface area contributed by atoms with Gasteiger partial charge < -0.3 is 5.32 Å². The highest BCUT2D eigenvalue weighted by Gasteiger charge is 2.15. The number of carbonyl (C=O) groups excluding carboxylic acids is 1. The highest BCUT2D eigenvalue weighted by atomic mass is 79.9. The molecule has 0 atom stereocenters. The van der Waals surface area contributed by atoms with Crippen LogP contribution in [0.1, 0.15) is 22.8 Å². The Bertz CT molecular complexity index is 1420. The molecule has 0 radical (unpaired) electrons. The molecule has 1 amide bonds. The predicted molar refractivity (Wildman–Crippen MR) is 133 cm³/mol. The Kier molecular flexibility index (Phi) is 6.99. The number of rotatable bonds is 7. The van der Waals surface area contributed by atoms with E-state index in [1.54, 1.807) is 31.6 Å². The van der Waals surface area contributed by atoms with Crippen molar-refractivity contribution in [3.05, 3.63) is 103 Å². The fraction of sp³-hybridized carbons (Fsp3) is 0.208. The minimum absolute atomic E-state index is 0.129. The molecule has 2 aromatic carbocycles. The summed E-state index contributed by atoms with van der Waals surface area (Å²) in [6, 6.07) is 12.2. The molecule has 3 aromatic rings. The van der Waals surface area contributed by atoms with Crippen LogP contribution >= 0.6 is 15.9 Å². The van der Waals surface area contributed by atoms with E-state index in [-0.39, 0.29) is 12.5 Å². The normalized spacial score (nSPS) is 13.0. The number of nitrogens with one attached hydrogen (secondary N) is 2. The first-order valence-electron chi connectivity index (χ1n) is 10.7. The Morgan fingerprint density at radius 3 is 2.71 bits per heavy atom. The van der Waals surface area contributed by atoms with Gasteiger partial charge in [-0.25, -0.2) is 4.79 Å². The number of aryl methyl sites for hydroxylation is 1. The molecule has 1 aliphatic heterocycles. The molecule has 10 heteroatoms. The van der Waals surface area contributed by atoms with E-state index in [0.717, 1.165) is 15.6 Å². The summed E-state index contributed by atoms with van der Waals surface area (Å²) in [4.78, 5) is 44.1. The molecule has 4 rings (SSSR count). The van der Waals surface area contributed by atoms with E-state index in [0.29, 0.717) is 29.6 Å². The van der Waals surface area contributed by atoms with Gasteiger partial charge in [0.1, 0.15) is 0 Å². The van der Waals surface area contributed by atoms with Crippen LogP contribution in [-0.4, -0.2) is 33.4 Å². The van der Waals surface area contributed by atoms with Crippen molar-refractivity contribution in [2.75, 3.05) is 13.2 Å². The standard InChI is InChI=1S/C24H24BrN5O4/c1-3-34-30-10-9-17(14-27-30)13-26-22(31)18-7-8-21-20(12-18)23(32)29(24(33)28(21)2)15-16-5-4-6-19(25)11-16/h4-12,14,27H,3,13,15H2,1-2H3,(H,26,31). The zero-order chi connectivity index (χ0) is 24.2. The van der Waals surface area contributed by atoms with Crippen LogP contribution in [0.25, 0.3) is 10.9 Å². The van der Waals surface area contributed by atoms with E-state index in [1.807, 2.05) is 37.3 Å². The summed E-state index contributed by atoms with van der Waals surface area (Å²) in [6.07, 6.45) is 5.27. The van der Waals surface area contributed by atoms with Gasteiger partial charge in [0.2, 0.25) is 0 Å². The quantitative estimate of drug-likeness (QED) is 0.491. The fourth-order valence-corrected chi connectivity index (χ4v) is 4.08. The summed E-state index contributed by atoms with van der Waals surface area (Å²) in [5.74, 6) is -0.324. The molecule has 2 heterocycles. The van der Waals surface area contributed by atoms with Gasteiger partial charge in [-0.05, 0) is 54.5 Å². The minimum Gasteiger partial charge on any atom is -0.348 e. The zero-order valence-electron chi connectivity index (χ0n) is 18.7. The van der Waals surface area contributed by atoms with E-state index >= 15 is 0 Å². The van der Waals surface area contributed by atoms with E-state index < -0.39 is 11.2 Å². The second-order valence-corrected chi connectivity index (χ2v) is 8.60. The average Bonchev–Trinajstić information content (AvgIpc) is 2.84. The Morgan fingerprint density at radius 2 is 2.00 bits per heavy atom. The van der Waals surface area contributed by atoms with Crippen LogP contribution in [0.15, 0.2) is 80.6 Å². The first-order chi connectivity index (χ1) is 16.4. The number of aromatic nitrogens is 2. The van der Waals surface area contributed by atoms with Crippen LogP contribution in [0, 0.1) is 0 Å². The number of benzene rings is 2. The van der Waals surface area contributed by atoms with Gasteiger partial charge in [0.15, 0.2) is 0 Å². The number of amides is 1. The van der Waals surface area contributed by atoms with E-state index in [1.165, 1.54) is 20.4 Å². The second-order valence-electron chi connectivity index (χ2n) is 7.69. The van der Waals surface area contributed by atoms with Gasteiger partial charge in [-0.3, -0.25) is 29.0 Å². The van der Waals surface area contributed by atoms with Crippen LogP contribution in [0.5, 0.6) is 0 Å². The molecule has 176 valence electrons. The molecule has 34 heavy (non-hydrogen) atoms. The monoisotopic (exact) mass is 525 g/mol. The lowest BCUT2D eigenvalue weighted by atomic mass is 10.1. The maximum atomic E-state index is 13.2. The molecule has 0 aliphatic carbocycles. The highest BCUT2D eigenvalue weighted by molar-refractivity contribution is 9.10. The molecule has 0 saturated heterocycles. The molecular weight excluding hydrogens is 502 g/mol. The lowest BCUT2D eigenvalue weighted by Crippen LogP contribution is -2.39. The van der Waals surface area contributed by atoms with Gasteiger partial charge in [-0.2, -0.15) is 5.17 Å². The first kappa shape index (κ1) is 23.5. The molecule has 0 bridgehead atoms. The molecule has 9 nitrogen and oxygen atoms in total. The summed E-state index contributed by atoms with van der Waals surface area (Å²) in [5.41, 5.74) is 4.55. The second kappa shape index (κ2) is 10.1. The van der Waals surface area contributed by atoms with Crippen LogP contribution in [-0.2, 0) is 18.4 Å². The van der Waals surface area contributed by atoms with Crippen LogP contribution < -0.4 is 22.0 Å². The fourth-order valence-electron chi connectivity index (χ4n) is 3.63. The zero-order valence-corrected chi connectivity index (χ0v) is 20.3. The number of hydrogen-bond donors (Lipinski definition) is 2. The highest BCUT2D eigenvalue weighted by Crippen LogP contribution is 2.14. The minimum atomic E-state index is -0.439. The van der Waals surface area contributed by atoms with Crippen molar-refractivity contribution >= 4 is 32.7 Å². The number of nitrogens with zero attached hydrogens (tertiary/aromatic N) is 3. The smallest absolute Gasteiger partial charge is 0.331 e. The van der Waals surface area contributed by atoms with E-state index in [2.05, 4.69) is 26.7 Å². The van der Waals surface area contributed by atoms with Gasteiger partial charge in [-0.1, -0.05) is 28.1 Å². The van der Waals surface area contributed by atoms with E-state index in [9.17, 15) is 14.4 Å². The summed E-state index contributed by atoms with van der Waals surface area (Å²) < 4.78 is 3.46. The third-order valence-electron chi connectivity index (χ3n) is 5.37. The summed E-state index contributed by atoms with van der Waals surface area (Å²) in [7, 11) is 1.61. The number of fused-ring (bicyclic) bond motifs is 1. The van der Waals surface area contributed by atoms with Crippen molar-refractivity contribution in [3.8, 4) is 0 Å². The Balaban J connectivity index is 1.58. The van der Waals surface area contributed by atoms with Crippen molar-refractivity contribution in [1.82, 2.24) is 25.0 Å². The molecule has 0 spiro atoms. The van der Waals surface area contributed by atoms with Crippen molar-refractivity contribution in [3.63, 3.8) is 0 Å². The number of hydroxylamine groups is 1. The van der Waals surface area contributed by atoms with Gasteiger partial charge in [0, 0.05) is 29.8 Å². The molecule has 2 N–H and O–H groups in total. The van der Waals surface area contributed by atoms with Crippen molar-refractivity contribution in [2.45, 2.75) is 13.5 Å². The van der Waals surface area contributed by atoms with Gasteiger partial charge in [0.25, 0.3) is 11.5 Å². The van der Waals surface area contributed by atoms with Crippen LogP contribution in [0.4, 0.5) is 0 Å². The molecule has 0 fully saturated rings. The van der Waals surface area contributed by atoms with Gasteiger partial charge in [-0.15, -0.1) is 0 Å². The third-order valence-corrected chi connectivity index (χ3v) is 5.86. The lowest BCUT2D eigenvalue weighted by Gasteiger charge is -2.22. The molecular formula is C24H24BrN5O4. The van der Waals surface area contributed by atoms with E-state index in [4.69, 9.17) is 4.84 Å². The van der Waals surface area contributed by atoms with Crippen molar-refractivity contribution < 1.29 is 9.63 Å². The maximum Gasteiger partial charge on any atom is 0.331 e. The first-order valence-corrected chi connectivity index (χ1v) is 11.5. The topological polar surface area (TPSA) is 97.6 Å². The lowest BCUT2D eigenvalue weighted by molar-refractivity contribution is -0.143. The van der Waals surface area contributed by atoms with Crippen molar-refractivity contribution in [1.29, 1.82) is 0 Å². The summed E-state index contributed by atoms with van der Waals surface area (Å²) >= 11 is 3.41. The molecule has 1 aliphatic rings. The van der Waals surface area contributed by atoms with Crippen molar-refractivity contribution in [2.24, 2.45) is 7.05 Å². The van der Waals surface area contributed by atoms with Gasteiger partial charge in [0.05, 0.1) is 30.3 Å².